The van der Waals surface area contributed by atoms with Crippen LogP contribution >= 0.6 is 0 Å². The van der Waals surface area contributed by atoms with Crippen LogP contribution in [0.2, 0.25) is 0 Å². The second-order valence-corrected chi connectivity index (χ2v) is 6.07. The zero-order valence-corrected chi connectivity index (χ0v) is 10.7. The molecule has 0 radical (unpaired) electrons. The Morgan fingerprint density at radius 2 is 1.56 bits per heavy atom. The molecular weight excluding hydrogens is 196 g/mol. The number of hydrogen-bond donors (Lipinski definition) is 1. The third kappa shape index (κ3) is 3.48. The van der Waals surface area contributed by atoms with Gasteiger partial charge in [-0.05, 0) is 24.2 Å². The van der Waals surface area contributed by atoms with E-state index in [0.29, 0.717) is 12.5 Å². The Labute approximate surface area is 101 Å². The van der Waals surface area contributed by atoms with Crippen molar-refractivity contribution in [2.24, 2.45) is 17.8 Å². The molecule has 2 saturated carbocycles. The van der Waals surface area contributed by atoms with Gasteiger partial charge in [0.15, 0.2) is 0 Å². The lowest BCUT2D eigenvalue weighted by Gasteiger charge is -2.21. The molecule has 0 aromatic heterocycles. The number of aliphatic hydroxyl groups is 1. The van der Waals surface area contributed by atoms with Crippen molar-refractivity contribution in [1.29, 1.82) is 0 Å². The Morgan fingerprint density at radius 3 is 2.19 bits per heavy atom. The Morgan fingerprint density at radius 1 is 0.938 bits per heavy atom. The normalized spacial score (nSPS) is 25.3. The first-order chi connectivity index (χ1) is 7.90. The van der Waals surface area contributed by atoms with Crippen molar-refractivity contribution in [2.45, 2.75) is 70.6 Å². The van der Waals surface area contributed by atoms with Gasteiger partial charge in [0.05, 0.1) is 0 Å². The smallest absolute Gasteiger partial charge is 0.0461 e. The van der Waals surface area contributed by atoms with Crippen LogP contribution in [0.25, 0.3) is 0 Å². The predicted octanol–water partition coefficient (Wildman–Crippen LogP) is 4.15. The molecule has 0 spiro atoms. The predicted molar refractivity (Wildman–Crippen MR) is 68.3 cm³/mol. The fourth-order valence-corrected chi connectivity index (χ4v) is 3.87. The van der Waals surface area contributed by atoms with E-state index in [4.69, 9.17) is 0 Å². The lowest BCUT2D eigenvalue weighted by atomic mass is 9.86. The highest BCUT2D eigenvalue weighted by atomic mass is 16.3. The van der Waals surface area contributed by atoms with Gasteiger partial charge in [0.1, 0.15) is 0 Å². The van der Waals surface area contributed by atoms with Crippen LogP contribution in [0.4, 0.5) is 0 Å². The first-order valence-corrected chi connectivity index (χ1v) is 7.51. The average Bonchev–Trinajstić information content (AvgIpc) is 2.96. The van der Waals surface area contributed by atoms with Gasteiger partial charge in [-0.15, -0.1) is 0 Å². The molecule has 0 saturated heterocycles. The molecule has 0 aliphatic heterocycles. The molecule has 16 heavy (non-hydrogen) atoms. The van der Waals surface area contributed by atoms with Crippen molar-refractivity contribution in [2.75, 3.05) is 6.61 Å². The van der Waals surface area contributed by atoms with E-state index in [1.165, 1.54) is 70.6 Å². The molecule has 1 heteroatoms. The molecule has 1 N–H and O–H groups in total. The second kappa shape index (κ2) is 6.64. The molecule has 0 amide bonds. The molecule has 1 atom stereocenters. The minimum atomic E-state index is 0.440. The maximum atomic E-state index is 9.48. The fourth-order valence-electron chi connectivity index (χ4n) is 3.87. The molecular formula is C15H28O. The van der Waals surface area contributed by atoms with Crippen molar-refractivity contribution in [1.82, 2.24) is 0 Å². The molecule has 94 valence electrons. The Hall–Kier alpha value is -0.0400. The van der Waals surface area contributed by atoms with Gasteiger partial charge in [-0.1, -0.05) is 64.2 Å². The highest BCUT2D eigenvalue weighted by Crippen LogP contribution is 2.35. The van der Waals surface area contributed by atoms with E-state index in [9.17, 15) is 5.11 Å². The van der Waals surface area contributed by atoms with Gasteiger partial charge in [0, 0.05) is 6.61 Å². The summed E-state index contributed by atoms with van der Waals surface area (Å²) >= 11 is 0. The molecule has 1 nitrogen and oxygen atoms in total. The molecule has 0 aromatic carbocycles. The zero-order valence-electron chi connectivity index (χ0n) is 10.7. The maximum Gasteiger partial charge on any atom is 0.0461 e. The zero-order chi connectivity index (χ0) is 11.2. The van der Waals surface area contributed by atoms with Crippen LogP contribution in [0.15, 0.2) is 0 Å². The van der Waals surface area contributed by atoms with Gasteiger partial charge in [-0.3, -0.25) is 0 Å². The van der Waals surface area contributed by atoms with Gasteiger partial charge in [-0.2, -0.15) is 0 Å². The largest absolute Gasteiger partial charge is 0.396 e. The Kier molecular flexibility index (Phi) is 5.15. The SMILES string of the molecule is OCC(CCCC1CCCC1)C1CCCC1. The lowest BCUT2D eigenvalue weighted by Crippen LogP contribution is -2.16. The van der Waals surface area contributed by atoms with Gasteiger partial charge in [0.2, 0.25) is 0 Å². The molecule has 0 aromatic rings. The van der Waals surface area contributed by atoms with Crippen molar-refractivity contribution in [3.8, 4) is 0 Å². The van der Waals surface area contributed by atoms with Gasteiger partial charge >= 0.3 is 0 Å². The maximum absolute atomic E-state index is 9.48. The summed E-state index contributed by atoms with van der Waals surface area (Å²) < 4.78 is 0. The highest BCUT2D eigenvalue weighted by molar-refractivity contribution is 4.76. The topological polar surface area (TPSA) is 20.2 Å². The summed E-state index contributed by atoms with van der Waals surface area (Å²) in [6.45, 7) is 0.440. The van der Waals surface area contributed by atoms with Crippen LogP contribution < -0.4 is 0 Å². The standard InChI is InChI=1S/C15H28O/c16-12-15(14-9-3-4-10-14)11-5-8-13-6-1-2-7-13/h13-16H,1-12H2. The molecule has 2 aliphatic carbocycles. The first kappa shape index (κ1) is 12.4. The van der Waals surface area contributed by atoms with Crippen LogP contribution in [-0.2, 0) is 0 Å². The summed E-state index contributed by atoms with van der Waals surface area (Å²) in [5, 5.41) is 9.48. The molecule has 2 rings (SSSR count). The highest BCUT2D eigenvalue weighted by Gasteiger charge is 2.24. The van der Waals surface area contributed by atoms with Gasteiger partial charge in [-0.25, -0.2) is 0 Å². The Balaban J connectivity index is 1.62. The van der Waals surface area contributed by atoms with Crippen LogP contribution in [0.1, 0.15) is 70.6 Å². The molecule has 0 bridgehead atoms. The molecule has 2 aliphatic rings. The minimum Gasteiger partial charge on any atom is -0.396 e. The quantitative estimate of drug-likeness (QED) is 0.718. The monoisotopic (exact) mass is 224 g/mol. The van der Waals surface area contributed by atoms with E-state index >= 15 is 0 Å². The van der Waals surface area contributed by atoms with Crippen LogP contribution in [0.3, 0.4) is 0 Å². The van der Waals surface area contributed by atoms with Crippen LogP contribution in [-0.4, -0.2) is 11.7 Å². The summed E-state index contributed by atoms with van der Waals surface area (Å²) in [4.78, 5) is 0. The fraction of sp³-hybridized carbons (Fsp3) is 1.00. The molecule has 0 heterocycles. The average molecular weight is 224 g/mol. The van der Waals surface area contributed by atoms with Crippen molar-refractivity contribution < 1.29 is 5.11 Å². The van der Waals surface area contributed by atoms with Crippen LogP contribution in [0, 0.1) is 17.8 Å². The van der Waals surface area contributed by atoms with E-state index in [-0.39, 0.29) is 0 Å². The number of rotatable bonds is 6. The number of aliphatic hydroxyl groups excluding tert-OH is 1. The van der Waals surface area contributed by atoms with E-state index in [2.05, 4.69) is 0 Å². The van der Waals surface area contributed by atoms with Crippen LogP contribution in [0.5, 0.6) is 0 Å². The van der Waals surface area contributed by atoms with Crippen molar-refractivity contribution >= 4 is 0 Å². The summed E-state index contributed by atoms with van der Waals surface area (Å²) in [5.74, 6) is 2.51. The van der Waals surface area contributed by atoms with Crippen molar-refractivity contribution in [3.63, 3.8) is 0 Å². The van der Waals surface area contributed by atoms with Crippen molar-refractivity contribution in [3.05, 3.63) is 0 Å². The summed E-state index contributed by atoms with van der Waals surface area (Å²) in [5.41, 5.74) is 0. The van der Waals surface area contributed by atoms with E-state index in [1.54, 1.807) is 0 Å². The summed E-state index contributed by atoms with van der Waals surface area (Å²) in [7, 11) is 0. The van der Waals surface area contributed by atoms with E-state index in [0.717, 1.165) is 11.8 Å². The Bertz CT molecular complexity index is 178. The van der Waals surface area contributed by atoms with E-state index < -0.39 is 0 Å². The van der Waals surface area contributed by atoms with Gasteiger partial charge < -0.3 is 5.11 Å². The van der Waals surface area contributed by atoms with Gasteiger partial charge in [0.25, 0.3) is 0 Å². The van der Waals surface area contributed by atoms with E-state index in [1.807, 2.05) is 0 Å². The lowest BCUT2D eigenvalue weighted by molar-refractivity contribution is 0.163. The third-order valence-corrected chi connectivity index (χ3v) is 4.96. The second-order valence-electron chi connectivity index (χ2n) is 6.07. The third-order valence-electron chi connectivity index (χ3n) is 4.96. The first-order valence-electron chi connectivity index (χ1n) is 7.51. The molecule has 2 fully saturated rings. The number of hydrogen-bond acceptors (Lipinski definition) is 1. The molecule has 1 unspecified atom stereocenters. The minimum absolute atomic E-state index is 0.440. The summed E-state index contributed by atoms with van der Waals surface area (Å²) in [6, 6.07) is 0. The summed E-state index contributed by atoms with van der Waals surface area (Å²) in [6.07, 6.45) is 15.6.